The molecule has 2 aromatic carbocycles. The van der Waals surface area contributed by atoms with Gasteiger partial charge in [-0.1, -0.05) is 60.7 Å². The number of aliphatic carboxylic acids is 1. The van der Waals surface area contributed by atoms with E-state index in [0.29, 0.717) is 0 Å². The molecule has 16 nitrogen and oxygen atoms in total. The molecule has 0 unspecified atom stereocenters. The molecule has 0 saturated carbocycles. The zero-order chi connectivity index (χ0) is 38.1. The van der Waals surface area contributed by atoms with Crippen LogP contribution in [0.25, 0.3) is 0 Å². The summed E-state index contributed by atoms with van der Waals surface area (Å²) in [4.78, 5) is 89.8. The molecule has 0 saturated heterocycles. The molecule has 16 heteroatoms. The quantitative estimate of drug-likeness (QED) is 0.0749. The standard InChI is InChI=1S/C35H50N8O8/c1-21(39-32(48)23(3)41-34(50)27(38-17-15-29(44)45)19-25-11-7-5-8-12-25)31(47)40-22(2)33(49)42-24(4)35(51)43(18-16-36)28(30(37)46)20-26-13-9-6-10-14-26/h5-14,21-24,27-28,38H,15-20,36H2,1-4H3,(H2,37,46)(H,39,48)(H,40,47)(H,41,50)(H,42,49)(H,44,45)/t21-,22-,23-,24-,27-,28-/m0/s1. The fourth-order valence-electron chi connectivity index (χ4n) is 5.06. The molecule has 0 fully saturated rings. The number of hydrogen-bond donors (Lipinski definition) is 8. The Labute approximate surface area is 297 Å². The number of hydrogen-bond acceptors (Lipinski definition) is 9. The number of rotatable bonds is 21. The van der Waals surface area contributed by atoms with Gasteiger partial charge in [-0.25, -0.2) is 0 Å². The Morgan fingerprint density at radius 1 is 0.667 bits per heavy atom. The molecule has 0 bridgehead atoms. The van der Waals surface area contributed by atoms with E-state index in [0.717, 1.165) is 11.1 Å². The fraction of sp³-hybridized carbons (Fsp3) is 0.457. The molecule has 6 amide bonds. The molecule has 0 heterocycles. The Morgan fingerprint density at radius 2 is 1.10 bits per heavy atom. The second-order valence-corrected chi connectivity index (χ2v) is 12.2. The van der Waals surface area contributed by atoms with Crippen LogP contribution in [0.15, 0.2) is 60.7 Å². The van der Waals surface area contributed by atoms with Gasteiger partial charge in [0.1, 0.15) is 30.2 Å². The molecule has 0 aliphatic heterocycles. The minimum Gasteiger partial charge on any atom is -0.481 e. The molecule has 6 atom stereocenters. The number of primary amides is 1. The third-order valence-corrected chi connectivity index (χ3v) is 7.94. The minimum absolute atomic E-state index is 0.0107. The van der Waals surface area contributed by atoms with Crippen LogP contribution >= 0.6 is 0 Å². The summed E-state index contributed by atoms with van der Waals surface area (Å²) in [5, 5.41) is 22.0. The average molecular weight is 711 g/mol. The lowest BCUT2D eigenvalue weighted by molar-refractivity contribution is -0.142. The lowest BCUT2D eigenvalue weighted by atomic mass is 10.0. The fourth-order valence-corrected chi connectivity index (χ4v) is 5.06. The zero-order valence-electron chi connectivity index (χ0n) is 29.4. The van der Waals surface area contributed by atoms with Crippen molar-refractivity contribution in [3.63, 3.8) is 0 Å². The third kappa shape index (κ3) is 14.2. The number of carbonyl (C=O) groups excluding carboxylic acids is 6. The Balaban J connectivity index is 1.95. The lowest BCUT2D eigenvalue weighted by Crippen LogP contribution is -2.59. The van der Waals surface area contributed by atoms with Crippen molar-refractivity contribution in [3.05, 3.63) is 71.8 Å². The normalized spacial score (nSPS) is 14.4. The predicted octanol–water partition coefficient (Wildman–Crippen LogP) is -1.44. The highest BCUT2D eigenvalue weighted by Crippen LogP contribution is 2.11. The van der Waals surface area contributed by atoms with E-state index < -0.39 is 77.7 Å². The van der Waals surface area contributed by atoms with Gasteiger partial charge in [0, 0.05) is 26.1 Å². The maximum atomic E-state index is 13.4. The summed E-state index contributed by atoms with van der Waals surface area (Å²) in [6.07, 6.45) is 0.192. The molecular weight excluding hydrogens is 660 g/mol. The van der Waals surface area contributed by atoms with Crippen molar-refractivity contribution in [1.29, 1.82) is 0 Å². The predicted molar refractivity (Wildman–Crippen MR) is 189 cm³/mol. The summed E-state index contributed by atoms with van der Waals surface area (Å²) in [5.41, 5.74) is 13.0. The van der Waals surface area contributed by atoms with Crippen molar-refractivity contribution in [2.45, 2.75) is 83.2 Å². The van der Waals surface area contributed by atoms with E-state index in [9.17, 15) is 33.6 Å². The summed E-state index contributed by atoms with van der Waals surface area (Å²) in [6.45, 7) is 5.74. The first-order chi connectivity index (χ1) is 24.1. The van der Waals surface area contributed by atoms with E-state index in [4.69, 9.17) is 16.6 Å². The van der Waals surface area contributed by atoms with Gasteiger partial charge in [-0.2, -0.15) is 0 Å². The first-order valence-electron chi connectivity index (χ1n) is 16.7. The largest absolute Gasteiger partial charge is 0.481 e. The second-order valence-electron chi connectivity index (χ2n) is 12.2. The van der Waals surface area contributed by atoms with Crippen LogP contribution in [0.4, 0.5) is 0 Å². The molecular formula is C35H50N8O8. The van der Waals surface area contributed by atoms with E-state index in [-0.39, 0.29) is 38.9 Å². The van der Waals surface area contributed by atoms with Crippen LogP contribution in [0.2, 0.25) is 0 Å². The molecule has 278 valence electrons. The van der Waals surface area contributed by atoms with Crippen molar-refractivity contribution in [2.24, 2.45) is 11.5 Å². The van der Waals surface area contributed by atoms with Crippen LogP contribution in [0, 0.1) is 0 Å². The molecule has 51 heavy (non-hydrogen) atoms. The molecule has 0 spiro atoms. The van der Waals surface area contributed by atoms with Gasteiger partial charge in [0.05, 0.1) is 12.5 Å². The van der Waals surface area contributed by atoms with Crippen LogP contribution in [0.5, 0.6) is 0 Å². The van der Waals surface area contributed by atoms with Gasteiger partial charge in [0.2, 0.25) is 35.4 Å². The van der Waals surface area contributed by atoms with Crippen molar-refractivity contribution < 1.29 is 38.7 Å². The van der Waals surface area contributed by atoms with Crippen molar-refractivity contribution in [3.8, 4) is 0 Å². The number of carboxylic acids is 1. The maximum Gasteiger partial charge on any atom is 0.304 e. The molecule has 0 aliphatic carbocycles. The van der Waals surface area contributed by atoms with Gasteiger partial charge in [0.25, 0.3) is 0 Å². The summed E-state index contributed by atoms with van der Waals surface area (Å²) in [6, 6.07) is 11.8. The molecule has 0 radical (unpaired) electrons. The van der Waals surface area contributed by atoms with Crippen molar-refractivity contribution >= 4 is 41.4 Å². The van der Waals surface area contributed by atoms with E-state index in [1.807, 2.05) is 24.3 Å². The number of carboxylic acid groups (broad SMARTS) is 1. The average Bonchev–Trinajstić information content (AvgIpc) is 3.09. The maximum absolute atomic E-state index is 13.4. The van der Waals surface area contributed by atoms with Gasteiger partial charge in [0.15, 0.2) is 0 Å². The number of nitrogens with two attached hydrogens (primary N) is 2. The Morgan fingerprint density at radius 3 is 1.53 bits per heavy atom. The van der Waals surface area contributed by atoms with Gasteiger partial charge < -0.3 is 48.1 Å². The number of nitrogens with one attached hydrogen (secondary N) is 5. The van der Waals surface area contributed by atoms with Crippen molar-refractivity contribution in [1.82, 2.24) is 31.5 Å². The number of nitrogens with zero attached hydrogens (tertiary/aromatic N) is 1. The number of benzene rings is 2. The monoisotopic (exact) mass is 710 g/mol. The summed E-state index contributed by atoms with van der Waals surface area (Å²) < 4.78 is 0. The Bertz CT molecular complexity index is 1490. The Kier molecular flexibility index (Phi) is 17.2. The van der Waals surface area contributed by atoms with E-state index in [2.05, 4.69) is 26.6 Å². The highest BCUT2D eigenvalue weighted by molar-refractivity contribution is 5.96. The van der Waals surface area contributed by atoms with Crippen LogP contribution in [0.1, 0.15) is 45.2 Å². The smallest absolute Gasteiger partial charge is 0.304 e. The highest BCUT2D eigenvalue weighted by Gasteiger charge is 2.33. The second kappa shape index (κ2) is 21.0. The van der Waals surface area contributed by atoms with E-state index >= 15 is 0 Å². The van der Waals surface area contributed by atoms with Gasteiger partial charge >= 0.3 is 5.97 Å². The van der Waals surface area contributed by atoms with Crippen molar-refractivity contribution in [2.75, 3.05) is 19.6 Å². The minimum atomic E-state index is -1.13. The lowest BCUT2D eigenvalue weighted by Gasteiger charge is -2.32. The van der Waals surface area contributed by atoms with Crippen LogP contribution < -0.4 is 38.1 Å². The van der Waals surface area contributed by atoms with Crippen LogP contribution in [-0.4, -0.2) is 107 Å². The first kappa shape index (κ1) is 41.8. The molecule has 2 aromatic rings. The van der Waals surface area contributed by atoms with E-state index in [1.165, 1.54) is 32.6 Å². The number of amides is 6. The summed E-state index contributed by atoms with van der Waals surface area (Å²) in [7, 11) is 0. The van der Waals surface area contributed by atoms with Crippen LogP contribution in [-0.2, 0) is 46.4 Å². The molecule has 0 aromatic heterocycles. The molecule has 2 rings (SSSR count). The summed E-state index contributed by atoms with van der Waals surface area (Å²) >= 11 is 0. The van der Waals surface area contributed by atoms with Gasteiger partial charge in [-0.05, 0) is 45.2 Å². The first-order valence-corrected chi connectivity index (χ1v) is 16.7. The highest BCUT2D eigenvalue weighted by atomic mass is 16.4. The van der Waals surface area contributed by atoms with Gasteiger partial charge in [-0.15, -0.1) is 0 Å². The molecule has 10 N–H and O–H groups in total. The SMILES string of the molecule is C[C@H](NC(=O)[C@H](C)NC(=O)[C@H](Cc1ccccc1)NCCC(=O)O)C(=O)N[C@@H](C)C(=O)N[C@@H](C)C(=O)N(CCN)[C@@H](Cc1ccccc1)C(N)=O. The van der Waals surface area contributed by atoms with Gasteiger partial charge in [-0.3, -0.25) is 33.6 Å². The topological polar surface area (TPSA) is 255 Å². The summed E-state index contributed by atoms with van der Waals surface area (Å²) in [5.74, 6) is -4.97. The molecule has 0 aliphatic rings. The number of carbonyl (C=O) groups is 7. The Hall–Kier alpha value is -5.35. The van der Waals surface area contributed by atoms with E-state index in [1.54, 1.807) is 36.4 Å². The third-order valence-electron chi connectivity index (χ3n) is 7.94. The van der Waals surface area contributed by atoms with Crippen LogP contribution in [0.3, 0.4) is 0 Å². The zero-order valence-corrected chi connectivity index (χ0v) is 29.4.